The number of allylic oxidation sites excluding steroid dienone is 1. The van der Waals surface area contributed by atoms with Crippen LogP contribution in [0.4, 0.5) is 0 Å². The van der Waals surface area contributed by atoms with E-state index in [1.54, 1.807) is 18.7 Å². The van der Waals surface area contributed by atoms with Crippen molar-refractivity contribution < 1.29 is 44.7 Å². The lowest BCUT2D eigenvalue weighted by molar-refractivity contribution is -0.236. The Kier molecular flexibility index (Phi) is 12.4. The Balaban J connectivity index is 1.30. The summed E-state index contributed by atoms with van der Waals surface area (Å²) in [5.74, 6) is 0.196. The molecule has 5 N–H and O–H groups in total. The molecular weight excluding hydrogens is 735 g/mol. The van der Waals surface area contributed by atoms with Crippen molar-refractivity contribution in [2.75, 3.05) is 13.2 Å². The Bertz CT molecular complexity index is 1740. The molecule has 0 bridgehead atoms. The van der Waals surface area contributed by atoms with Gasteiger partial charge < -0.3 is 35.2 Å². The number of esters is 1. The summed E-state index contributed by atoms with van der Waals surface area (Å²) in [7, 11) is 0. The number of Topliss-reactive ketones (excluding diaryl/α,β-unsaturated/α-hetero) is 1. The van der Waals surface area contributed by atoms with E-state index < -0.39 is 41.9 Å². The molecule has 324 valence electrons. The van der Waals surface area contributed by atoms with Gasteiger partial charge in [-0.15, -0.1) is 0 Å². The second-order valence-corrected chi connectivity index (χ2v) is 21.5. The van der Waals surface area contributed by atoms with Crippen LogP contribution in [-0.4, -0.2) is 85.8 Å². The van der Waals surface area contributed by atoms with Gasteiger partial charge in [-0.3, -0.25) is 14.4 Å². The van der Waals surface area contributed by atoms with Gasteiger partial charge in [-0.05, 0) is 102 Å². The molecule has 4 fully saturated rings. The molecule has 1 amide bonds. The van der Waals surface area contributed by atoms with E-state index in [1.165, 1.54) is 0 Å². The topological polar surface area (TPSA) is 165 Å². The number of ether oxygens (including phenoxy) is 1. The summed E-state index contributed by atoms with van der Waals surface area (Å²) in [6.07, 6.45) is 2.95. The lowest BCUT2D eigenvalue weighted by Crippen LogP contribution is -2.66. The average molecular weight is 808 g/mol. The van der Waals surface area contributed by atoms with Gasteiger partial charge in [0.05, 0.1) is 31.7 Å². The molecule has 0 aliphatic heterocycles. The number of hydrogen-bond donors (Lipinski definition) is 5. The van der Waals surface area contributed by atoms with Gasteiger partial charge in [0.15, 0.2) is 12.1 Å². The lowest BCUT2D eigenvalue weighted by Gasteiger charge is -2.72. The maximum Gasteiger partial charge on any atom is 0.306 e. The fourth-order valence-electron chi connectivity index (χ4n) is 13.8. The van der Waals surface area contributed by atoms with E-state index in [4.69, 9.17) is 4.74 Å². The monoisotopic (exact) mass is 808 g/mol. The molecule has 0 aromatic heterocycles. The van der Waals surface area contributed by atoms with Gasteiger partial charge in [0.1, 0.15) is 6.10 Å². The molecule has 1 aromatic carbocycles. The molecule has 0 spiro atoms. The summed E-state index contributed by atoms with van der Waals surface area (Å²) < 4.78 is 6.21. The number of rotatable bonds is 13. The third kappa shape index (κ3) is 7.43. The molecule has 10 unspecified atom stereocenters. The van der Waals surface area contributed by atoms with E-state index in [0.717, 1.165) is 61.7 Å². The molecule has 0 saturated heterocycles. The maximum absolute atomic E-state index is 14.3. The van der Waals surface area contributed by atoms with Gasteiger partial charge in [-0.1, -0.05) is 98.2 Å². The first kappa shape index (κ1) is 44.9. The number of benzene rings is 1. The van der Waals surface area contributed by atoms with Crippen LogP contribution in [-0.2, 0) is 25.7 Å². The first-order chi connectivity index (χ1) is 27.0. The summed E-state index contributed by atoms with van der Waals surface area (Å²) in [6.45, 7) is 19.2. The summed E-state index contributed by atoms with van der Waals surface area (Å²) in [6, 6.07) is 9.59. The number of fused-ring (bicyclic) bond motifs is 7. The molecule has 4 saturated carbocycles. The number of aliphatic hydroxyl groups excluding tert-OH is 4. The van der Waals surface area contributed by atoms with E-state index in [2.05, 4.69) is 48.5 Å². The molecule has 10 nitrogen and oxygen atoms in total. The standard InChI is InChI=1S/C48H73NO9/c1-29(2)40-33(52)24-48(36(53)27-49(38(54)23-31(51)28-50)26-30-13-11-10-12-14-30)22-21-46(8)32(41(40)48)15-16-35-45(7)19-18-37(58-39(55)25-43(3,4)42(56)57)44(5,6)34(45)17-20-47(35,46)9/h10-14,29,31-32,34-37,42,50-51,53,56-57H,15-28H2,1-9H3. The lowest BCUT2D eigenvalue weighted by atomic mass is 9.33. The van der Waals surface area contributed by atoms with Crippen LogP contribution in [0.15, 0.2) is 41.5 Å². The van der Waals surface area contributed by atoms with Crippen LogP contribution in [0.3, 0.4) is 0 Å². The Morgan fingerprint density at radius 3 is 2.17 bits per heavy atom. The Labute approximate surface area is 346 Å². The van der Waals surface area contributed by atoms with E-state index in [0.29, 0.717) is 18.3 Å². The Hall–Kier alpha value is -2.63. The predicted octanol–water partition coefficient (Wildman–Crippen LogP) is 6.74. The van der Waals surface area contributed by atoms with Gasteiger partial charge >= 0.3 is 5.97 Å². The summed E-state index contributed by atoms with van der Waals surface area (Å²) >= 11 is 0. The van der Waals surface area contributed by atoms with Crippen LogP contribution in [0.5, 0.6) is 0 Å². The van der Waals surface area contributed by atoms with E-state index in [1.807, 2.05) is 30.3 Å². The van der Waals surface area contributed by atoms with Crippen molar-refractivity contribution in [2.24, 2.45) is 56.2 Å². The van der Waals surface area contributed by atoms with Gasteiger partial charge in [-0.25, -0.2) is 0 Å². The minimum Gasteiger partial charge on any atom is -0.462 e. The average Bonchev–Trinajstić information content (AvgIpc) is 3.46. The predicted molar refractivity (Wildman–Crippen MR) is 222 cm³/mol. The Morgan fingerprint density at radius 1 is 0.879 bits per heavy atom. The van der Waals surface area contributed by atoms with Crippen molar-refractivity contribution in [2.45, 2.75) is 164 Å². The summed E-state index contributed by atoms with van der Waals surface area (Å²) in [5, 5.41) is 52.1. The minimum atomic E-state index is -1.62. The van der Waals surface area contributed by atoms with Crippen molar-refractivity contribution in [3.05, 3.63) is 47.0 Å². The van der Waals surface area contributed by atoms with Crippen molar-refractivity contribution in [1.82, 2.24) is 4.90 Å². The van der Waals surface area contributed by atoms with E-state index >= 15 is 0 Å². The molecular formula is C48H73NO9. The number of carbonyl (C=O) groups excluding carboxylic acids is 3. The highest BCUT2D eigenvalue weighted by atomic mass is 16.5. The SMILES string of the molecule is CC(C)C1=C2C3CCC4C5(C)CCC(OC(=O)CC(C)(C)C(O)O)C(C)(C)C5CCC4(C)C3(C)CCC2(C(O)CN(Cc2ccccc2)C(=O)CC(O)CO)CC1=O. The highest BCUT2D eigenvalue weighted by Crippen LogP contribution is 2.77. The van der Waals surface area contributed by atoms with Gasteiger partial charge in [0, 0.05) is 35.8 Å². The normalized spacial score (nSPS) is 35.5. The second-order valence-electron chi connectivity index (χ2n) is 21.5. The number of ketones is 1. The number of nitrogens with zero attached hydrogens (tertiary/aromatic N) is 1. The fourth-order valence-corrected chi connectivity index (χ4v) is 13.8. The zero-order valence-corrected chi connectivity index (χ0v) is 36.7. The first-order valence-corrected chi connectivity index (χ1v) is 22.1. The number of hydrogen-bond acceptors (Lipinski definition) is 9. The fraction of sp³-hybridized carbons (Fsp3) is 0.771. The molecule has 1 aromatic rings. The highest BCUT2D eigenvalue weighted by molar-refractivity contribution is 6.00. The van der Waals surface area contributed by atoms with Crippen LogP contribution in [0.1, 0.15) is 139 Å². The molecule has 10 atom stereocenters. The summed E-state index contributed by atoms with van der Waals surface area (Å²) in [4.78, 5) is 42.8. The van der Waals surface area contributed by atoms with E-state index in [9.17, 15) is 39.9 Å². The van der Waals surface area contributed by atoms with Crippen molar-refractivity contribution in [3.8, 4) is 0 Å². The molecule has 0 heterocycles. The van der Waals surface area contributed by atoms with Crippen molar-refractivity contribution in [1.29, 1.82) is 0 Å². The third-order valence-electron chi connectivity index (χ3n) is 17.2. The van der Waals surface area contributed by atoms with Crippen molar-refractivity contribution >= 4 is 17.7 Å². The first-order valence-electron chi connectivity index (χ1n) is 22.1. The quantitative estimate of drug-likeness (QED) is 0.107. The zero-order chi connectivity index (χ0) is 42.8. The molecule has 5 aliphatic carbocycles. The van der Waals surface area contributed by atoms with Crippen LogP contribution in [0.25, 0.3) is 0 Å². The third-order valence-corrected chi connectivity index (χ3v) is 17.2. The second kappa shape index (κ2) is 16.0. The minimum absolute atomic E-state index is 0.000189. The van der Waals surface area contributed by atoms with Crippen molar-refractivity contribution in [3.63, 3.8) is 0 Å². The van der Waals surface area contributed by atoms with E-state index in [-0.39, 0.29) is 83.6 Å². The molecule has 58 heavy (non-hydrogen) atoms. The molecule has 6 rings (SSSR count). The van der Waals surface area contributed by atoms with Gasteiger partial charge in [0.2, 0.25) is 5.91 Å². The van der Waals surface area contributed by atoms with Crippen LogP contribution in [0.2, 0.25) is 0 Å². The smallest absolute Gasteiger partial charge is 0.306 e. The number of carbonyl (C=O) groups is 3. The van der Waals surface area contributed by atoms with Crippen LogP contribution in [0, 0.1) is 56.2 Å². The number of amides is 1. The molecule has 0 radical (unpaired) electrons. The molecule has 5 aliphatic rings. The van der Waals surface area contributed by atoms with Gasteiger partial charge in [0.25, 0.3) is 0 Å². The van der Waals surface area contributed by atoms with Gasteiger partial charge in [-0.2, -0.15) is 0 Å². The zero-order valence-electron chi connectivity index (χ0n) is 36.7. The highest BCUT2D eigenvalue weighted by Gasteiger charge is 2.71. The van der Waals surface area contributed by atoms with Crippen LogP contribution >= 0.6 is 0 Å². The maximum atomic E-state index is 14.3. The number of aliphatic hydroxyl groups is 5. The Morgan fingerprint density at radius 2 is 1.55 bits per heavy atom. The largest absolute Gasteiger partial charge is 0.462 e. The van der Waals surface area contributed by atoms with Crippen LogP contribution < -0.4 is 0 Å². The summed E-state index contributed by atoms with van der Waals surface area (Å²) in [5.41, 5.74) is 0.642. The molecule has 10 heteroatoms.